The Morgan fingerprint density at radius 3 is 2.62 bits per heavy atom. The van der Waals surface area contributed by atoms with Gasteiger partial charge in [-0.2, -0.15) is 0 Å². The molecular weight excluding hydrogens is 356 g/mol. The second-order valence-corrected chi connectivity index (χ2v) is 6.65. The Morgan fingerprint density at radius 2 is 1.92 bits per heavy atom. The molecule has 0 radical (unpaired) electrons. The van der Waals surface area contributed by atoms with Crippen LogP contribution in [0.5, 0.6) is 0 Å². The van der Waals surface area contributed by atoms with Crippen molar-refractivity contribution in [2.24, 2.45) is 0 Å². The van der Waals surface area contributed by atoms with Crippen LogP contribution in [0.15, 0.2) is 45.9 Å². The number of carbonyl (C=O) groups excluding carboxylic acids is 3. The average molecular weight is 376 g/mol. The lowest BCUT2D eigenvalue weighted by molar-refractivity contribution is -0.148. The van der Waals surface area contributed by atoms with E-state index in [1.54, 1.807) is 17.8 Å². The molecule has 0 spiro atoms. The Balaban J connectivity index is 1.61. The van der Waals surface area contributed by atoms with Crippen molar-refractivity contribution in [1.82, 2.24) is 10.9 Å². The van der Waals surface area contributed by atoms with Gasteiger partial charge in [-0.05, 0) is 49.2 Å². The molecule has 1 heterocycles. The molecule has 2 rings (SSSR count). The Labute approximate surface area is 155 Å². The lowest BCUT2D eigenvalue weighted by Gasteiger charge is -2.07. The van der Waals surface area contributed by atoms with Crippen LogP contribution in [0.25, 0.3) is 0 Å². The van der Waals surface area contributed by atoms with Gasteiger partial charge in [0.15, 0.2) is 12.4 Å². The molecule has 0 bridgehead atoms. The lowest BCUT2D eigenvalue weighted by Crippen LogP contribution is -2.43. The summed E-state index contributed by atoms with van der Waals surface area (Å²) in [6.45, 7) is 3.62. The predicted molar refractivity (Wildman–Crippen MR) is 96.5 cm³/mol. The smallest absolute Gasteiger partial charge is 0.307 e. The molecule has 0 atom stereocenters. The van der Waals surface area contributed by atoms with Crippen LogP contribution in [0.3, 0.4) is 0 Å². The summed E-state index contributed by atoms with van der Waals surface area (Å²) in [4.78, 5) is 35.8. The zero-order valence-corrected chi connectivity index (χ0v) is 15.4. The zero-order chi connectivity index (χ0) is 18.9. The maximum atomic E-state index is 11.7. The van der Waals surface area contributed by atoms with Gasteiger partial charge in [-0.1, -0.05) is 6.07 Å². The maximum absolute atomic E-state index is 11.7. The SMILES string of the molecule is Cc1ccc(SCCC(=O)OCC(=O)NNC(=O)c2ccco2)cc1C. The molecule has 1 aromatic heterocycles. The zero-order valence-electron chi connectivity index (χ0n) is 14.5. The Bertz CT molecular complexity index is 774. The van der Waals surface area contributed by atoms with Crippen LogP contribution in [0.1, 0.15) is 28.1 Å². The van der Waals surface area contributed by atoms with Crippen molar-refractivity contribution in [2.45, 2.75) is 25.2 Å². The molecule has 8 heteroatoms. The molecule has 0 saturated carbocycles. The highest BCUT2D eigenvalue weighted by molar-refractivity contribution is 7.99. The van der Waals surface area contributed by atoms with Crippen LogP contribution in [-0.4, -0.2) is 30.1 Å². The standard InChI is InChI=1S/C18H20N2O5S/c1-12-5-6-14(10-13(12)2)26-9-7-17(22)25-11-16(21)19-20-18(23)15-4-3-8-24-15/h3-6,8,10H,7,9,11H2,1-2H3,(H,19,21)(H,20,23). The van der Waals surface area contributed by atoms with Gasteiger partial charge in [0, 0.05) is 10.6 Å². The van der Waals surface area contributed by atoms with E-state index in [9.17, 15) is 14.4 Å². The van der Waals surface area contributed by atoms with Crippen molar-refractivity contribution in [2.75, 3.05) is 12.4 Å². The molecule has 26 heavy (non-hydrogen) atoms. The van der Waals surface area contributed by atoms with E-state index in [0.29, 0.717) is 5.75 Å². The molecular formula is C18H20N2O5S. The number of nitrogens with one attached hydrogen (secondary N) is 2. The molecule has 0 fully saturated rings. The van der Waals surface area contributed by atoms with Gasteiger partial charge >= 0.3 is 11.9 Å². The fourth-order valence-corrected chi connectivity index (χ4v) is 2.83. The summed E-state index contributed by atoms with van der Waals surface area (Å²) in [5.41, 5.74) is 6.72. The van der Waals surface area contributed by atoms with Crippen LogP contribution in [0.2, 0.25) is 0 Å². The first-order chi connectivity index (χ1) is 12.5. The number of hydrogen-bond acceptors (Lipinski definition) is 6. The van der Waals surface area contributed by atoms with Gasteiger partial charge in [0.05, 0.1) is 12.7 Å². The predicted octanol–water partition coefficient (Wildman–Crippen LogP) is 2.38. The van der Waals surface area contributed by atoms with E-state index >= 15 is 0 Å². The first-order valence-electron chi connectivity index (χ1n) is 7.94. The highest BCUT2D eigenvalue weighted by Crippen LogP contribution is 2.21. The summed E-state index contributed by atoms with van der Waals surface area (Å²) in [5, 5.41) is 0. The van der Waals surface area contributed by atoms with E-state index in [0.717, 1.165) is 4.90 Å². The number of rotatable bonds is 7. The van der Waals surface area contributed by atoms with E-state index in [1.807, 2.05) is 26.0 Å². The molecule has 2 aromatic rings. The number of amides is 2. The Kier molecular flexibility index (Phi) is 7.28. The van der Waals surface area contributed by atoms with Gasteiger partial charge in [-0.25, -0.2) is 0 Å². The number of esters is 1. The lowest BCUT2D eigenvalue weighted by atomic mass is 10.1. The number of benzene rings is 1. The van der Waals surface area contributed by atoms with E-state index in [-0.39, 0.29) is 12.2 Å². The summed E-state index contributed by atoms with van der Waals surface area (Å²) in [6, 6.07) is 9.12. The average Bonchev–Trinajstić information content (AvgIpc) is 3.15. The van der Waals surface area contributed by atoms with Crippen molar-refractivity contribution in [3.8, 4) is 0 Å². The third-order valence-corrected chi connectivity index (χ3v) is 4.47. The minimum absolute atomic E-state index is 0.0608. The first-order valence-corrected chi connectivity index (χ1v) is 8.92. The molecule has 0 aliphatic heterocycles. The van der Waals surface area contributed by atoms with Crippen LogP contribution >= 0.6 is 11.8 Å². The molecule has 0 aliphatic carbocycles. The molecule has 7 nitrogen and oxygen atoms in total. The van der Waals surface area contributed by atoms with E-state index in [4.69, 9.17) is 9.15 Å². The molecule has 1 aromatic carbocycles. The molecule has 0 aliphatic rings. The molecule has 138 valence electrons. The van der Waals surface area contributed by atoms with Gasteiger partial charge in [-0.3, -0.25) is 25.2 Å². The van der Waals surface area contributed by atoms with E-state index in [2.05, 4.69) is 16.9 Å². The van der Waals surface area contributed by atoms with Crippen LogP contribution in [0, 0.1) is 13.8 Å². The van der Waals surface area contributed by atoms with Crippen LogP contribution < -0.4 is 10.9 Å². The quantitative estimate of drug-likeness (QED) is 0.437. The number of hydrazine groups is 1. The summed E-state index contributed by atoms with van der Waals surface area (Å²) in [6.07, 6.45) is 1.53. The van der Waals surface area contributed by atoms with Gasteiger partial charge in [0.25, 0.3) is 5.91 Å². The summed E-state index contributed by atoms with van der Waals surface area (Å²) >= 11 is 1.55. The summed E-state index contributed by atoms with van der Waals surface area (Å²) < 4.78 is 9.74. The third kappa shape index (κ3) is 6.29. The van der Waals surface area contributed by atoms with Crippen molar-refractivity contribution in [3.05, 3.63) is 53.5 Å². The minimum Gasteiger partial charge on any atom is -0.459 e. The van der Waals surface area contributed by atoms with E-state index in [1.165, 1.54) is 23.5 Å². The molecule has 2 N–H and O–H groups in total. The monoisotopic (exact) mass is 376 g/mol. The summed E-state index contributed by atoms with van der Waals surface area (Å²) in [5.74, 6) is -1.10. The second-order valence-electron chi connectivity index (χ2n) is 5.48. The second kappa shape index (κ2) is 9.67. The summed E-state index contributed by atoms with van der Waals surface area (Å²) in [7, 11) is 0. The largest absolute Gasteiger partial charge is 0.459 e. The van der Waals surface area contributed by atoms with Gasteiger partial charge in [-0.15, -0.1) is 11.8 Å². The van der Waals surface area contributed by atoms with Crippen molar-refractivity contribution >= 4 is 29.5 Å². The minimum atomic E-state index is -0.639. The van der Waals surface area contributed by atoms with Crippen molar-refractivity contribution in [1.29, 1.82) is 0 Å². The number of hydrogen-bond donors (Lipinski definition) is 2. The topological polar surface area (TPSA) is 97.6 Å². The van der Waals surface area contributed by atoms with E-state index < -0.39 is 24.4 Å². The highest BCUT2D eigenvalue weighted by atomic mass is 32.2. The molecule has 0 saturated heterocycles. The first kappa shape index (κ1) is 19.6. The highest BCUT2D eigenvalue weighted by Gasteiger charge is 2.11. The normalized spacial score (nSPS) is 10.2. The van der Waals surface area contributed by atoms with Crippen LogP contribution in [0.4, 0.5) is 0 Å². The van der Waals surface area contributed by atoms with Gasteiger partial charge in [0.2, 0.25) is 0 Å². The number of thioether (sulfide) groups is 1. The van der Waals surface area contributed by atoms with Crippen molar-refractivity contribution < 1.29 is 23.5 Å². The number of carbonyl (C=O) groups is 3. The van der Waals surface area contributed by atoms with Crippen LogP contribution in [-0.2, 0) is 14.3 Å². The number of furan rings is 1. The molecule has 0 unspecified atom stereocenters. The number of aryl methyl sites for hydroxylation is 2. The fraction of sp³-hybridized carbons (Fsp3) is 0.278. The van der Waals surface area contributed by atoms with Gasteiger partial charge < -0.3 is 9.15 Å². The Hall–Kier alpha value is -2.74. The third-order valence-electron chi connectivity index (χ3n) is 3.48. The maximum Gasteiger partial charge on any atom is 0.307 e. The van der Waals surface area contributed by atoms with Crippen molar-refractivity contribution in [3.63, 3.8) is 0 Å². The Morgan fingerprint density at radius 1 is 1.12 bits per heavy atom. The molecule has 2 amide bonds. The fourth-order valence-electron chi connectivity index (χ4n) is 1.91. The number of ether oxygens (including phenoxy) is 1. The van der Waals surface area contributed by atoms with Gasteiger partial charge in [0.1, 0.15) is 0 Å².